The predicted molar refractivity (Wildman–Crippen MR) is 109 cm³/mol. The van der Waals surface area contributed by atoms with Crippen molar-refractivity contribution < 1.29 is 19.0 Å². The number of fused-ring (bicyclic) bond motifs is 1. The number of aromatic nitrogens is 3. The highest BCUT2D eigenvalue weighted by atomic mass is 16.5. The standard InChI is InChI=1S/C22H34N4O4/c27-21(12-17-4-1-2-5-17)25-9-7-22(8-10-25)16-26-20(15-30-22)19(23-24-26)14-28-13-18-6-3-11-29-18/h17-18H,1-16H2. The van der Waals surface area contributed by atoms with E-state index in [1.54, 1.807) is 0 Å². The van der Waals surface area contributed by atoms with Gasteiger partial charge in [-0.2, -0.15) is 0 Å². The first-order valence-electron chi connectivity index (χ1n) is 11.7. The molecule has 1 aliphatic carbocycles. The van der Waals surface area contributed by atoms with Gasteiger partial charge in [-0.15, -0.1) is 5.10 Å². The largest absolute Gasteiger partial charge is 0.376 e. The Labute approximate surface area is 178 Å². The second-order valence-electron chi connectivity index (χ2n) is 9.50. The Morgan fingerprint density at radius 1 is 1.17 bits per heavy atom. The van der Waals surface area contributed by atoms with Crippen molar-refractivity contribution in [1.82, 2.24) is 19.9 Å². The average Bonchev–Trinajstić information content (AvgIpc) is 3.51. The van der Waals surface area contributed by atoms with Gasteiger partial charge < -0.3 is 19.1 Å². The molecule has 2 saturated heterocycles. The van der Waals surface area contributed by atoms with E-state index in [1.165, 1.54) is 25.7 Å². The highest BCUT2D eigenvalue weighted by Gasteiger charge is 2.41. The van der Waals surface area contributed by atoms with Crippen LogP contribution in [0.4, 0.5) is 0 Å². The summed E-state index contributed by atoms with van der Waals surface area (Å²) in [7, 11) is 0. The Morgan fingerprint density at radius 3 is 2.77 bits per heavy atom. The van der Waals surface area contributed by atoms with Crippen LogP contribution in [0, 0.1) is 5.92 Å². The highest BCUT2D eigenvalue weighted by Crippen LogP contribution is 2.35. The van der Waals surface area contributed by atoms with Crippen LogP contribution in [-0.4, -0.2) is 63.8 Å². The molecule has 8 nitrogen and oxygen atoms in total. The fourth-order valence-corrected chi connectivity index (χ4v) is 5.43. The molecule has 1 aromatic rings. The molecule has 0 aromatic carbocycles. The van der Waals surface area contributed by atoms with Gasteiger partial charge in [-0.1, -0.05) is 18.1 Å². The maximum absolute atomic E-state index is 12.7. The number of ether oxygens (including phenoxy) is 3. The number of carbonyl (C=O) groups is 1. The minimum Gasteiger partial charge on any atom is -0.376 e. The Bertz CT molecular complexity index is 731. The summed E-state index contributed by atoms with van der Waals surface area (Å²) in [4.78, 5) is 14.7. The number of rotatable bonds is 6. The van der Waals surface area contributed by atoms with Crippen molar-refractivity contribution in [3.05, 3.63) is 11.4 Å². The van der Waals surface area contributed by atoms with Gasteiger partial charge in [0.05, 0.1) is 43.8 Å². The highest BCUT2D eigenvalue weighted by molar-refractivity contribution is 5.76. The monoisotopic (exact) mass is 418 g/mol. The third kappa shape index (κ3) is 4.41. The van der Waals surface area contributed by atoms with Crippen LogP contribution >= 0.6 is 0 Å². The number of hydrogen-bond donors (Lipinski definition) is 0. The molecule has 1 spiro atoms. The van der Waals surface area contributed by atoms with Crippen LogP contribution < -0.4 is 0 Å². The zero-order valence-corrected chi connectivity index (χ0v) is 17.9. The van der Waals surface area contributed by atoms with E-state index in [1.807, 2.05) is 9.58 Å². The van der Waals surface area contributed by atoms with Crippen molar-refractivity contribution in [3.8, 4) is 0 Å². The van der Waals surface area contributed by atoms with Crippen molar-refractivity contribution in [2.75, 3.05) is 26.3 Å². The van der Waals surface area contributed by atoms with Crippen LogP contribution in [0.25, 0.3) is 0 Å². The van der Waals surface area contributed by atoms with Crippen LogP contribution in [0.15, 0.2) is 0 Å². The van der Waals surface area contributed by atoms with Crippen LogP contribution in [0.3, 0.4) is 0 Å². The number of nitrogens with zero attached hydrogens (tertiary/aromatic N) is 4. The summed E-state index contributed by atoms with van der Waals surface area (Å²) in [5, 5.41) is 8.72. The molecule has 1 amide bonds. The molecule has 4 heterocycles. The first-order valence-corrected chi connectivity index (χ1v) is 11.7. The molecule has 4 aliphatic rings. The van der Waals surface area contributed by atoms with Gasteiger partial charge in [-0.05, 0) is 44.4 Å². The zero-order chi connectivity index (χ0) is 20.4. The number of piperidine rings is 1. The molecule has 5 rings (SSSR count). The van der Waals surface area contributed by atoms with Gasteiger partial charge >= 0.3 is 0 Å². The fraction of sp³-hybridized carbons (Fsp3) is 0.864. The quantitative estimate of drug-likeness (QED) is 0.706. The molecule has 3 fully saturated rings. The molecule has 0 radical (unpaired) electrons. The molecule has 8 heteroatoms. The van der Waals surface area contributed by atoms with Crippen molar-refractivity contribution in [1.29, 1.82) is 0 Å². The summed E-state index contributed by atoms with van der Waals surface area (Å²) in [5.74, 6) is 0.942. The Morgan fingerprint density at radius 2 is 2.00 bits per heavy atom. The van der Waals surface area contributed by atoms with E-state index in [-0.39, 0.29) is 11.7 Å². The molecule has 1 saturated carbocycles. The summed E-state index contributed by atoms with van der Waals surface area (Å²) in [5.41, 5.74) is 1.67. The lowest BCUT2D eigenvalue weighted by atomic mass is 9.89. The molecule has 1 atom stereocenters. The fourth-order valence-electron chi connectivity index (χ4n) is 5.43. The lowest BCUT2D eigenvalue weighted by Crippen LogP contribution is -2.52. The molecule has 30 heavy (non-hydrogen) atoms. The van der Waals surface area contributed by atoms with Crippen LogP contribution in [0.2, 0.25) is 0 Å². The van der Waals surface area contributed by atoms with Gasteiger partial charge in [-0.25, -0.2) is 4.68 Å². The van der Waals surface area contributed by atoms with Crippen LogP contribution in [-0.2, 0) is 38.8 Å². The van der Waals surface area contributed by atoms with Gasteiger partial charge in [0.25, 0.3) is 0 Å². The Balaban J connectivity index is 1.11. The normalized spacial score (nSPS) is 26.4. The van der Waals surface area contributed by atoms with E-state index in [4.69, 9.17) is 14.2 Å². The first-order chi connectivity index (χ1) is 14.7. The zero-order valence-electron chi connectivity index (χ0n) is 17.9. The van der Waals surface area contributed by atoms with Crippen molar-refractivity contribution in [2.45, 2.75) is 89.3 Å². The predicted octanol–water partition coefficient (Wildman–Crippen LogP) is 2.45. The first kappa shape index (κ1) is 20.4. The van der Waals surface area contributed by atoms with Gasteiger partial charge in [0.1, 0.15) is 5.69 Å². The number of likely N-dealkylation sites (tertiary alicyclic amines) is 1. The molecular formula is C22H34N4O4. The molecule has 1 aromatic heterocycles. The Kier molecular flexibility index (Phi) is 6.07. The van der Waals surface area contributed by atoms with E-state index >= 15 is 0 Å². The molecule has 0 N–H and O–H groups in total. The minimum absolute atomic E-state index is 0.220. The van der Waals surface area contributed by atoms with Gasteiger partial charge in [0, 0.05) is 26.1 Å². The SMILES string of the molecule is O=C(CC1CCCC1)N1CCC2(CC1)Cn1nnc(COCC3CCCO3)c1CO2. The van der Waals surface area contributed by atoms with Gasteiger partial charge in [0.2, 0.25) is 5.91 Å². The minimum atomic E-state index is -0.222. The summed E-state index contributed by atoms with van der Waals surface area (Å²) in [6.45, 7) is 4.71. The van der Waals surface area contributed by atoms with Crippen LogP contribution in [0.1, 0.15) is 69.2 Å². The van der Waals surface area contributed by atoms with Gasteiger partial charge in [-0.3, -0.25) is 4.79 Å². The second kappa shape index (κ2) is 8.93. The van der Waals surface area contributed by atoms with E-state index in [2.05, 4.69) is 10.3 Å². The number of amides is 1. The summed E-state index contributed by atoms with van der Waals surface area (Å²) < 4.78 is 19.8. The number of carbonyl (C=O) groups excluding carboxylic acids is 1. The molecule has 3 aliphatic heterocycles. The Hall–Kier alpha value is -1.51. The van der Waals surface area contributed by atoms with Crippen molar-refractivity contribution in [2.24, 2.45) is 5.92 Å². The smallest absolute Gasteiger partial charge is 0.222 e. The van der Waals surface area contributed by atoms with Crippen molar-refractivity contribution in [3.63, 3.8) is 0 Å². The number of hydrogen-bond acceptors (Lipinski definition) is 6. The van der Waals surface area contributed by atoms with Crippen LogP contribution in [0.5, 0.6) is 0 Å². The van der Waals surface area contributed by atoms with E-state index in [9.17, 15) is 4.79 Å². The average molecular weight is 419 g/mol. The van der Waals surface area contributed by atoms with Crippen molar-refractivity contribution >= 4 is 5.91 Å². The lowest BCUT2D eigenvalue weighted by Gasteiger charge is -2.43. The summed E-state index contributed by atoms with van der Waals surface area (Å²) in [6, 6.07) is 0. The second-order valence-corrected chi connectivity index (χ2v) is 9.50. The molecule has 166 valence electrons. The topological polar surface area (TPSA) is 78.7 Å². The van der Waals surface area contributed by atoms with E-state index in [0.717, 1.165) is 63.2 Å². The molecule has 1 unspecified atom stereocenters. The summed E-state index contributed by atoms with van der Waals surface area (Å²) in [6.07, 6.45) is 9.91. The molecular weight excluding hydrogens is 384 g/mol. The maximum Gasteiger partial charge on any atom is 0.222 e. The van der Waals surface area contributed by atoms with Gasteiger partial charge in [0.15, 0.2) is 0 Å². The third-order valence-electron chi connectivity index (χ3n) is 7.40. The van der Waals surface area contributed by atoms with E-state index in [0.29, 0.717) is 38.2 Å². The van der Waals surface area contributed by atoms with E-state index < -0.39 is 0 Å². The third-order valence-corrected chi connectivity index (χ3v) is 7.40. The maximum atomic E-state index is 12.7. The summed E-state index contributed by atoms with van der Waals surface area (Å²) >= 11 is 0. The lowest BCUT2D eigenvalue weighted by molar-refractivity contribution is -0.147. The molecule has 0 bridgehead atoms.